The Morgan fingerprint density at radius 1 is 1.16 bits per heavy atom. The molecule has 31 heavy (non-hydrogen) atoms. The van der Waals surface area contributed by atoms with Crippen molar-refractivity contribution in [3.8, 4) is 0 Å². The van der Waals surface area contributed by atoms with E-state index in [9.17, 15) is 22.8 Å². The number of carbonyl (C=O) groups excluding carboxylic acids is 2. The molecule has 1 heterocycles. The molecule has 1 aromatic rings. The molecule has 0 spiro atoms. The van der Waals surface area contributed by atoms with Gasteiger partial charge >= 0.3 is 18.2 Å². The lowest BCUT2D eigenvalue weighted by Crippen LogP contribution is -2.47. The SMILES string of the molecule is CCC1(CNc2cc(C(=O)OC)ccc2C(F)(F)F)CCN(C(=O)OC(C)(C)C)CC1. The van der Waals surface area contributed by atoms with Gasteiger partial charge in [-0.25, -0.2) is 9.59 Å². The van der Waals surface area contributed by atoms with E-state index >= 15 is 0 Å². The number of hydrogen-bond donors (Lipinski definition) is 1. The fourth-order valence-electron chi connectivity index (χ4n) is 3.61. The van der Waals surface area contributed by atoms with Gasteiger partial charge in [-0.2, -0.15) is 13.2 Å². The number of amides is 1. The zero-order valence-electron chi connectivity index (χ0n) is 18.7. The fraction of sp³-hybridized carbons (Fsp3) is 0.636. The van der Waals surface area contributed by atoms with E-state index in [-0.39, 0.29) is 22.8 Å². The third kappa shape index (κ3) is 6.51. The van der Waals surface area contributed by atoms with Gasteiger partial charge in [-0.1, -0.05) is 6.92 Å². The summed E-state index contributed by atoms with van der Waals surface area (Å²) in [6.07, 6.45) is -2.94. The van der Waals surface area contributed by atoms with Crippen molar-refractivity contribution >= 4 is 17.7 Å². The highest BCUT2D eigenvalue weighted by Crippen LogP contribution is 2.39. The Morgan fingerprint density at radius 2 is 1.77 bits per heavy atom. The molecule has 0 radical (unpaired) electrons. The predicted molar refractivity (Wildman–Crippen MR) is 111 cm³/mol. The summed E-state index contributed by atoms with van der Waals surface area (Å²) in [6, 6.07) is 3.17. The second-order valence-electron chi connectivity index (χ2n) is 8.92. The number of nitrogens with zero attached hydrogens (tertiary/aromatic N) is 1. The first-order chi connectivity index (χ1) is 14.3. The number of hydrogen-bond acceptors (Lipinski definition) is 5. The maximum absolute atomic E-state index is 13.5. The third-order valence-corrected chi connectivity index (χ3v) is 5.63. The van der Waals surface area contributed by atoms with E-state index in [0.717, 1.165) is 18.6 Å². The van der Waals surface area contributed by atoms with Gasteiger partial charge in [0.1, 0.15) is 5.60 Å². The first-order valence-electron chi connectivity index (χ1n) is 10.3. The molecule has 0 atom stereocenters. The maximum Gasteiger partial charge on any atom is 0.418 e. The van der Waals surface area contributed by atoms with Gasteiger partial charge < -0.3 is 19.7 Å². The van der Waals surface area contributed by atoms with Crippen LogP contribution >= 0.6 is 0 Å². The molecule has 0 unspecified atom stereocenters. The molecule has 9 heteroatoms. The fourth-order valence-corrected chi connectivity index (χ4v) is 3.61. The number of benzene rings is 1. The standard InChI is InChI=1S/C22H31F3N2O4/c1-6-21(9-11-27(12-10-21)19(29)31-20(2,3)4)14-26-17-13-15(18(28)30-5)7-8-16(17)22(23,24)25/h7-8,13,26H,6,9-12,14H2,1-5H3. The minimum atomic E-state index is -4.56. The Balaban J connectivity index is 2.13. The highest BCUT2D eigenvalue weighted by atomic mass is 19.4. The monoisotopic (exact) mass is 444 g/mol. The van der Waals surface area contributed by atoms with Crippen LogP contribution in [0.5, 0.6) is 0 Å². The van der Waals surface area contributed by atoms with Crippen LogP contribution < -0.4 is 5.32 Å². The van der Waals surface area contributed by atoms with Gasteiger partial charge in [0.15, 0.2) is 0 Å². The number of piperidine rings is 1. The van der Waals surface area contributed by atoms with Crippen LogP contribution in [0.1, 0.15) is 62.9 Å². The Bertz CT molecular complexity index is 795. The van der Waals surface area contributed by atoms with Crippen molar-refractivity contribution in [3.05, 3.63) is 29.3 Å². The number of ether oxygens (including phenoxy) is 2. The van der Waals surface area contributed by atoms with Gasteiger partial charge in [0.05, 0.1) is 18.2 Å². The number of alkyl halides is 3. The molecule has 0 saturated carbocycles. The number of rotatable bonds is 5. The normalized spacial score (nSPS) is 16.6. The van der Waals surface area contributed by atoms with Gasteiger partial charge in [-0.15, -0.1) is 0 Å². The second kappa shape index (κ2) is 9.36. The molecule has 0 bridgehead atoms. The zero-order valence-corrected chi connectivity index (χ0v) is 18.7. The van der Waals surface area contributed by atoms with E-state index in [2.05, 4.69) is 10.1 Å². The maximum atomic E-state index is 13.5. The largest absolute Gasteiger partial charge is 0.465 e. The summed E-state index contributed by atoms with van der Waals surface area (Å²) in [5.74, 6) is -0.701. The topological polar surface area (TPSA) is 67.9 Å². The summed E-state index contributed by atoms with van der Waals surface area (Å²) >= 11 is 0. The Morgan fingerprint density at radius 3 is 2.26 bits per heavy atom. The Kier molecular flexibility index (Phi) is 7.49. The summed E-state index contributed by atoms with van der Waals surface area (Å²) in [6.45, 7) is 8.62. The quantitative estimate of drug-likeness (QED) is 0.622. The van der Waals surface area contributed by atoms with Crippen molar-refractivity contribution < 1.29 is 32.2 Å². The van der Waals surface area contributed by atoms with E-state index < -0.39 is 23.3 Å². The molecule has 1 amide bonds. The van der Waals surface area contributed by atoms with E-state index in [1.807, 2.05) is 6.92 Å². The molecular formula is C22H31F3N2O4. The van der Waals surface area contributed by atoms with Crippen molar-refractivity contribution in [2.45, 2.75) is 58.7 Å². The van der Waals surface area contributed by atoms with Crippen LogP contribution in [0.3, 0.4) is 0 Å². The molecule has 1 saturated heterocycles. The van der Waals surface area contributed by atoms with Crippen molar-refractivity contribution in [3.63, 3.8) is 0 Å². The molecule has 1 aliphatic rings. The third-order valence-electron chi connectivity index (χ3n) is 5.63. The minimum absolute atomic E-state index is 0.0447. The van der Waals surface area contributed by atoms with Crippen molar-refractivity contribution in [2.24, 2.45) is 5.41 Å². The van der Waals surface area contributed by atoms with Gasteiger partial charge in [0, 0.05) is 25.3 Å². The van der Waals surface area contributed by atoms with Crippen LogP contribution in [0.25, 0.3) is 0 Å². The van der Waals surface area contributed by atoms with Gasteiger partial charge in [-0.3, -0.25) is 0 Å². The number of carbonyl (C=O) groups is 2. The van der Waals surface area contributed by atoms with E-state index in [0.29, 0.717) is 32.5 Å². The Labute approximate surface area is 181 Å². The van der Waals surface area contributed by atoms with E-state index in [1.54, 1.807) is 25.7 Å². The molecule has 174 valence electrons. The Hall–Kier alpha value is -2.45. The molecule has 0 aliphatic carbocycles. The summed E-state index contributed by atoms with van der Waals surface area (Å²) in [4.78, 5) is 25.7. The number of nitrogens with one attached hydrogen (secondary N) is 1. The summed E-state index contributed by atoms with van der Waals surface area (Å²) in [7, 11) is 1.18. The number of anilines is 1. The average Bonchev–Trinajstić information content (AvgIpc) is 2.69. The number of methoxy groups -OCH3 is 1. The predicted octanol–water partition coefficient (Wildman–Crippen LogP) is 5.33. The molecule has 1 aromatic carbocycles. The molecule has 1 aliphatic heterocycles. The van der Waals surface area contributed by atoms with E-state index in [4.69, 9.17) is 4.74 Å². The average molecular weight is 444 g/mol. The molecule has 0 aromatic heterocycles. The van der Waals surface area contributed by atoms with Crippen LogP contribution in [-0.2, 0) is 15.7 Å². The second-order valence-corrected chi connectivity index (χ2v) is 8.92. The van der Waals surface area contributed by atoms with Gasteiger partial charge in [0.2, 0.25) is 0 Å². The lowest BCUT2D eigenvalue weighted by molar-refractivity contribution is -0.137. The smallest absolute Gasteiger partial charge is 0.418 e. The molecule has 1 N–H and O–H groups in total. The number of likely N-dealkylation sites (tertiary alicyclic amines) is 1. The first kappa shape index (κ1) is 24.8. The summed E-state index contributed by atoms with van der Waals surface area (Å²) in [5.41, 5.74) is -1.81. The molecular weight excluding hydrogens is 413 g/mol. The molecule has 6 nitrogen and oxygen atoms in total. The zero-order chi connectivity index (χ0) is 23.4. The number of esters is 1. The van der Waals surface area contributed by atoms with E-state index in [1.165, 1.54) is 13.2 Å². The summed E-state index contributed by atoms with van der Waals surface area (Å²) < 4.78 is 50.4. The summed E-state index contributed by atoms with van der Waals surface area (Å²) in [5, 5.41) is 2.92. The lowest BCUT2D eigenvalue weighted by Gasteiger charge is -2.42. The highest BCUT2D eigenvalue weighted by Gasteiger charge is 2.38. The lowest BCUT2D eigenvalue weighted by atomic mass is 9.76. The van der Waals surface area contributed by atoms with Crippen molar-refractivity contribution in [1.82, 2.24) is 4.90 Å². The van der Waals surface area contributed by atoms with Crippen LogP contribution in [0.2, 0.25) is 0 Å². The van der Waals surface area contributed by atoms with Crippen LogP contribution in [0, 0.1) is 5.41 Å². The highest BCUT2D eigenvalue weighted by molar-refractivity contribution is 5.90. The first-order valence-corrected chi connectivity index (χ1v) is 10.3. The minimum Gasteiger partial charge on any atom is -0.465 e. The van der Waals surface area contributed by atoms with Gasteiger partial charge in [0.25, 0.3) is 0 Å². The van der Waals surface area contributed by atoms with Crippen LogP contribution in [0.15, 0.2) is 18.2 Å². The molecule has 2 rings (SSSR count). The van der Waals surface area contributed by atoms with Crippen LogP contribution in [0.4, 0.5) is 23.7 Å². The van der Waals surface area contributed by atoms with Crippen molar-refractivity contribution in [2.75, 3.05) is 32.1 Å². The van der Waals surface area contributed by atoms with Crippen LogP contribution in [-0.4, -0.2) is 49.3 Å². The number of halogens is 3. The van der Waals surface area contributed by atoms with Gasteiger partial charge in [-0.05, 0) is 63.6 Å². The molecule has 1 fully saturated rings. The van der Waals surface area contributed by atoms with Crippen molar-refractivity contribution in [1.29, 1.82) is 0 Å².